The second-order valence-electron chi connectivity index (χ2n) is 2.39. The van der Waals surface area contributed by atoms with Crippen LogP contribution in [0.3, 0.4) is 0 Å². The number of hydrogen-bond acceptors (Lipinski definition) is 1. The SMILES string of the molecule is BrCc1coc2ccccc12. The molecule has 1 aromatic carbocycles. The highest BCUT2D eigenvalue weighted by molar-refractivity contribution is 9.08. The van der Waals surface area contributed by atoms with Crippen LogP contribution in [0.5, 0.6) is 0 Å². The molecule has 2 rings (SSSR count). The molecule has 0 aliphatic rings. The molecule has 0 saturated carbocycles. The average molecular weight is 211 g/mol. The minimum absolute atomic E-state index is 0.851. The lowest BCUT2D eigenvalue weighted by molar-refractivity contribution is 0.613. The first kappa shape index (κ1) is 6.92. The predicted molar refractivity (Wildman–Crippen MR) is 48.8 cm³/mol. The van der Waals surface area contributed by atoms with Crippen molar-refractivity contribution in [2.45, 2.75) is 5.33 Å². The van der Waals surface area contributed by atoms with E-state index in [1.54, 1.807) is 6.26 Å². The number of furan rings is 1. The van der Waals surface area contributed by atoms with Crippen molar-refractivity contribution in [1.82, 2.24) is 0 Å². The fourth-order valence-electron chi connectivity index (χ4n) is 1.14. The summed E-state index contributed by atoms with van der Waals surface area (Å²) < 4.78 is 5.31. The molecule has 1 nitrogen and oxygen atoms in total. The third-order valence-corrected chi connectivity index (χ3v) is 2.31. The molecular weight excluding hydrogens is 204 g/mol. The summed E-state index contributed by atoms with van der Waals surface area (Å²) in [4.78, 5) is 0. The van der Waals surface area contributed by atoms with Crippen LogP contribution in [-0.4, -0.2) is 0 Å². The van der Waals surface area contributed by atoms with Gasteiger partial charge in [0.25, 0.3) is 0 Å². The average Bonchev–Trinajstić information content (AvgIpc) is 2.47. The minimum atomic E-state index is 0.851. The zero-order chi connectivity index (χ0) is 7.68. The first-order valence-electron chi connectivity index (χ1n) is 3.43. The molecule has 0 saturated heterocycles. The largest absolute Gasteiger partial charge is 0.464 e. The molecule has 0 aliphatic carbocycles. The van der Waals surface area contributed by atoms with Crippen molar-refractivity contribution in [3.05, 3.63) is 36.1 Å². The van der Waals surface area contributed by atoms with E-state index in [1.165, 1.54) is 10.9 Å². The van der Waals surface area contributed by atoms with E-state index in [9.17, 15) is 0 Å². The normalized spacial score (nSPS) is 10.6. The Labute approximate surface area is 73.1 Å². The van der Waals surface area contributed by atoms with Gasteiger partial charge in [-0.3, -0.25) is 0 Å². The molecule has 1 aromatic heterocycles. The molecule has 0 fully saturated rings. The van der Waals surface area contributed by atoms with E-state index in [4.69, 9.17) is 4.42 Å². The highest BCUT2D eigenvalue weighted by Gasteiger charge is 2.01. The molecule has 0 amide bonds. The number of para-hydroxylation sites is 1. The monoisotopic (exact) mass is 210 g/mol. The maximum Gasteiger partial charge on any atom is 0.134 e. The van der Waals surface area contributed by atoms with E-state index in [0.717, 1.165) is 10.9 Å². The van der Waals surface area contributed by atoms with Gasteiger partial charge in [-0.2, -0.15) is 0 Å². The summed E-state index contributed by atoms with van der Waals surface area (Å²) in [6, 6.07) is 8.03. The number of alkyl halides is 1. The van der Waals surface area contributed by atoms with Crippen LogP contribution in [0, 0.1) is 0 Å². The zero-order valence-electron chi connectivity index (χ0n) is 5.88. The Hall–Kier alpha value is -0.760. The van der Waals surface area contributed by atoms with Crippen LogP contribution in [0.4, 0.5) is 0 Å². The van der Waals surface area contributed by atoms with Crippen LogP contribution in [0.1, 0.15) is 5.56 Å². The van der Waals surface area contributed by atoms with Gasteiger partial charge in [-0.1, -0.05) is 34.1 Å². The molecule has 0 aliphatic heterocycles. The van der Waals surface area contributed by atoms with Gasteiger partial charge >= 0.3 is 0 Å². The Bertz CT molecular complexity index is 364. The van der Waals surface area contributed by atoms with Crippen molar-refractivity contribution < 1.29 is 4.42 Å². The molecule has 56 valence electrons. The third-order valence-electron chi connectivity index (χ3n) is 1.71. The van der Waals surface area contributed by atoms with Crippen LogP contribution in [0.25, 0.3) is 11.0 Å². The molecule has 2 aromatic rings. The summed E-state index contributed by atoms with van der Waals surface area (Å²) in [7, 11) is 0. The van der Waals surface area contributed by atoms with E-state index >= 15 is 0 Å². The Morgan fingerprint density at radius 2 is 2.09 bits per heavy atom. The molecular formula is C9H7BrO. The number of halogens is 1. The quantitative estimate of drug-likeness (QED) is 0.659. The van der Waals surface area contributed by atoms with Crippen LogP contribution >= 0.6 is 15.9 Å². The highest BCUT2D eigenvalue weighted by Crippen LogP contribution is 2.22. The topological polar surface area (TPSA) is 13.1 Å². The summed E-state index contributed by atoms with van der Waals surface area (Å²) >= 11 is 3.40. The van der Waals surface area contributed by atoms with Gasteiger partial charge in [-0.15, -0.1) is 0 Å². The Kier molecular flexibility index (Phi) is 1.70. The van der Waals surface area contributed by atoms with Crippen molar-refractivity contribution in [3.8, 4) is 0 Å². The Morgan fingerprint density at radius 1 is 1.27 bits per heavy atom. The molecule has 0 spiro atoms. The van der Waals surface area contributed by atoms with Gasteiger partial charge in [0.1, 0.15) is 5.58 Å². The molecule has 11 heavy (non-hydrogen) atoms. The molecule has 1 heterocycles. The van der Waals surface area contributed by atoms with Crippen molar-refractivity contribution >= 4 is 26.9 Å². The van der Waals surface area contributed by atoms with E-state index in [0.29, 0.717) is 0 Å². The maximum atomic E-state index is 5.31. The predicted octanol–water partition coefficient (Wildman–Crippen LogP) is 3.33. The zero-order valence-corrected chi connectivity index (χ0v) is 7.47. The highest BCUT2D eigenvalue weighted by atomic mass is 79.9. The van der Waals surface area contributed by atoms with Gasteiger partial charge in [-0.25, -0.2) is 0 Å². The molecule has 0 unspecified atom stereocenters. The lowest BCUT2D eigenvalue weighted by atomic mass is 10.2. The summed E-state index contributed by atoms with van der Waals surface area (Å²) in [6.07, 6.45) is 1.79. The van der Waals surface area contributed by atoms with Crippen molar-refractivity contribution in [3.63, 3.8) is 0 Å². The Balaban J connectivity index is 2.76. The second kappa shape index (κ2) is 2.70. The van der Waals surface area contributed by atoms with Gasteiger partial charge in [0.05, 0.1) is 6.26 Å². The summed E-state index contributed by atoms with van der Waals surface area (Å²) in [5.74, 6) is 0. The third kappa shape index (κ3) is 1.07. The lowest BCUT2D eigenvalue weighted by Gasteiger charge is -1.87. The minimum Gasteiger partial charge on any atom is -0.464 e. The second-order valence-corrected chi connectivity index (χ2v) is 2.95. The summed E-state index contributed by atoms with van der Waals surface area (Å²) in [5.41, 5.74) is 2.17. The number of benzene rings is 1. The molecule has 0 bridgehead atoms. The standard InChI is InChI=1S/C9H7BrO/c10-5-7-6-11-9-4-2-1-3-8(7)9/h1-4,6H,5H2. The van der Waals surface area contributed by atoms with Crippen molar-refractivity contribution in [1.29, 1.82) is 0 Å². The smallest absolute Gasteiger partial charge is 0.134 e. The molecule has 2 heteroatoms. The number of hydrogen-bond donors (Lipinski definition) is 0. The van der Waals surface area contributed by atoms with Gasteiger partial charge in [0.15, 0.2) is 0 Å². The number of fused-ring (bicyclic) bond motifs is 1. The first-order valence-corrected chi connectivity index (χ1v) is 4.55. The van der Waals surface area contributed by atoms with Gasteiger partial charge < -0.3 is 4.42 Å². The lowest BCUT2D eigenvalue weighted by Crippen LogP contribution is -1.70. The van der Waals surface area contributed by atoms with Gasteiger partial charge in [0, 0.05) is 16.3 Å². The van der Waals surface area contributed by atoms with E-state index < -0.39 is 0 Å². The first-order chi connectivity index (χ1) is 5.42. The fraction of sp³-hybridized carbons (Fsp3) is 0.111. The Morgan fingerprint density at radius 3 is 2.91 bits per heavy atom. The van der Waals surface area contributed by atoms with Crippen molar-refractivity contribution in [2.24, 2.45) is 0 Å². The van der Waals surface area contributed by atoms with Crippen LogP contribution in [0.2, 0.25) is 0 Å². The van der Waals surface area contributed by atoms with Crippen molar-refractivity contribution in [2.75, 3.05) is 0 Å². The molecule has 0 N–H and O–H groups in total. The van der Waals surface area contributed by atoms with Crippen LogP contribution < -0.4 is 0 Å². The van der Waals surface area contributed by atoms with E-state index in [-0.39, 0.29) is 0 Å². The van der Waals surface area contributed by atoms with Gasteiger partial charge in [0.2, 0.25) is 0 Å². The summed E-state index contributed by atoms with van der Waals surface area (Å²) in [6.45, 7) is 0. The fourth-order valence-corrected chi connectivity index (χ4v) is 1.57. The number of rotatable bonds is 1. The molecule has 0 atom stereocenters. The van der Waals surface area contributed by atoms with E-state index in [2.05, 4.69) is 22.0 Å². The molecule has 0 radical (unpaired) electrons. The maximum absolute atomic E-state index is 5.31. The van der Waals surface area contributed by atoms with Crippen LogP contribution in [0.15, 0.2) is 34.9 Å². The van der Waals surface area contributed by atoms with Crippen LogP contribution in [-0.2, 0) is 5.33 Å². The van der Waals surface area contributed by atoms with Gasteiger partial charge in [-0.05, 0) is 6.07 Å². The summed E-state index contributed by atoms with van der Waals surface area (Å²) in [5, 5.41) is 2.05. The van der Waals surface area contributed by atoms with E-state index in [1.807, 2.05) is 18.2 Å².